The molecular weight excluding hydrogens is 268 g/mol. The maximum absolute atomic E-state index is 11.8. The second-order valence-electron chi connectivity index (χ2n) is 4.59. The van der Waals surface area contributed by atoms with Crippen LogP contribution < -0.4 is 5.32 Å². The van der Waals surface area contributed by atoms with Gasteiger partial charge in [0.05, 0.1) is 19.3 Å². The number of carbonyl (C=O) groups excluding carboxylic acids is 1. The van der Waals surface area contributed by atoms with Gasteiger partial charge in [-0.2, -0.15) is 0 Å². The fraction of sp³-hybridized carbons (Fsp3) is 0.833. The van der Waals surface area contributed by atoms with Crippen molar-refractivity contribution in [3.05, 3.63) is 0 Å². The third-order valence-electron chi connectivity index (χ3n) is 3.00. The molecule has 1 aliphatic rings. The molecule has 1 fully saturated rings. The standard InChI is InChI=1S/C12H22N2O6/c1-19-5-6-20-4-2-3-13-12(18)14-8-9(15)7-10(14)11(16)17/h9-10,15H,2-8H2,1H3,(H,13,18)(H,16,17)/t9-,10-/m0/s1. The highest BCUT2D eigenvalue weighted by molar-refractivity contribution is 5.83. The average molecular weight is 290 g/mol. The Balaban J connectivity index is 2.20. The summed E-state index contributed by atoms with van der Waals surface area (Å²) in [5, 5.41) is 21.0. The summed E-state index contributed by atoms with van der Waals surface area (Å²) < 4.78 is 10.1. The molecule has 2 atom stereocenters. The molecule has 8 nitrogen and oxygen atoms in total. The summed E-state index contributed by atoms with van der Waals surface area (Å²) in [7, 11) is 1.59. The van der Waals surface area contributed by atoms with Gasteiger partial charge >= 0.3 is 12.0 Å². The quantitative estimate of drug-likeness (QED) is 0.509. The van der Waals surface area contributed by atoms with Crippen LogP contribution in [0.5, 0.6) is 0 Å². The van der Waals surface area contributed by atoms with Gasteiger partial charge in [0, 0.05) is 33.2 Å². The molecule has 3 N–H and O–H groups in total. The lowest BCUT2D eigenvalue weighted by Crippen LogP contribution is -2.46. The van der Waals surface area contributed by atoms with Crippen LogP contribution in [0.4, 0.5) is 4.79 Å². The lowest BCUT2D eigenvalue weighted by molar-refractivity contribution is -0.141. The Bertz CT molecular complexity index is 325. The average Bonchev–Trinajstić information content (AvgIpc) is 2.80. The van der Waals surface area contributed by atoms with E-state index >= 15 is 0 Å². The minimum absolute atomic E-state index is 0.0487. The number of nitrogens with one attached hydrogen (secondary N) is 1. The molecule has 116 valence electrons. The number of rotatable bonds is 8. The largest absolute Gasteiger partial charge is 0.480 e. The number of likely N-dealkylation sites (tertiary alicyclic amines) is 1. The molecule has 2 amide bonds. The highest BCUT2D eigenvalue weighted by Gasteiger charge is 2.38. The van der Waals surface area contributed by atoms with E-state index in [2.05, 4.69) is 5.32 Å². The maximum Gasteiger partial charge on any atom is 0.326 e. The molecule has 0 aromatic heterocycles. The first-order valence-electron chi connectivity index (χ1n) is 6.58. The molecule has 1 heterocycles. The van der Waals surface area contributed by atoms with Crippen molar-refractivity contribution in [1.29, 1.82) is 0 Å². The van der Waals surface area contributed by atoms with Crippen LogP contribution in [-0.4, -0.2) is 79.3 Å². The van der Waals surface area contributed by atoms with E-state index in [1.807, 2.05) is 0 Å². The minimum atomic E-state index is -1.10. The molecule has 1 aliphatic heterocycles. The number of aliphatic hydroxyl groups is 1. The molecule has 8 heteroatoms. The predicted molar refractivity (Wildman–Crippen MR) is 69.5 cm³/mol. The summed E-state index contributed by atoms with van der Waals surface area (Å²) in [5.41, 5.74) is 0. The molecule has 0 spiro atoms. The number of hydrogen-bond donors (Lipinski definition) is 3. The van der Waals surface area contributed by atoms with E-state index in [9.17, 15) is 14.7 Å². The van der Waals surface area contributed by atoms with E-state index in [-0.39, 0.29) is 13.0 Å². The van der Waals surface area contributed by atoms with Crippen molar-refractivity contribution in [2.24, 2.45) is 0 Å². The Morgan fingerprint density at radius 2 is 2.10 bits per heavy atom. The zero-order valence-corrected chi connectivity index (χ0v) is 11.6. The zero-order valence-electron chi connectivity index (χ0n) is 11.6. The molecule has 0 unspecified atom stereocenters. The van der Waals surface area contributed by atoms with Gasteiger partial charge in [-0.1, -0.05) is 0 Å². The molecule has 20 heavy (non-hydrogen) atoms. The molecule has 0 saturated carbocycles. The van der Waals surface area contributed by atoms with Crippen molar-refractivity contribution in [3.8, 4) is 0 Å². The Hall–Kier alpha value is -1.38. The number of nitrogens with zero attached hydrogens (tertiary/aromatic N) is 1. The lowest BCUT2D eigenvalue weighted by atomic mass is 10.2. The zero-order chi connectivity index (χ0) is 15.0. The minimum Gasteiger partial charge on any atom is -0.480 e. The molecular formula is C12H22N2O6. The van der Waals surface area contributed by atoms with Gasteiger partial charge in [-0.15, -0.1) is 0 Å². The Morgan fingerprint density at radius 3 is 2.75 bits per heavy atom. The number of aliphatic carboxylic acids is 1. The third-order valence-corrected chi connectivity index (χ3v) is 3.00. The second kappa shape index (κ2) is 8.72. The van der Waals surface area contributed by atoms with Crippen LogP contribution in [0, 0.1) is 0 Å². The second-order valence-corrected chi connectivity index (χ2v) is 4.59. The number of carbonyl (C=O) groups is 2. The van der Waals surface area contributed by atoms with E-state index in [0.717, 1.165) is 4.90 Å². The summed E-state index contributed by atoms with van der Waals surface area (Å²) in [6.07, 6.45) is -0.0776. The first-order chi connectivity index (χ1) is 9.56. The molecule has 1 rings (SSSR count). The van der Waals surface area contributed by atoms with Gasteiger partial charge in [-0.05, 0) is 6.42 Å². The number of amides is 2. The summed E-state index contributed by atoms with van der Waals surface area (Å²) in [6, 6.07) is -1.42. The number of urea groups is 1. The molecule has 0 aliphatic carbocycles. The first kappa shape index (κ1) is 16.7. The Kier molecular flexibility index (Phi) is 7.27. The monoisotopic (exact) mass is 290 g/mol. The SMILES string of the molecule is COCCOCCCNC(=O)N1C[C@@H](O)C[C@H]1C(=O)O. The van der Waals surface area contributed by atoms with Crippen molar-refractivity contribution in [3.63, 3.8) is 0 Å². The highest BCUT2D eigenvalue weighted by atomic mass is 16.5. The van der Waals surface area contributed by atoms with Crippen molar-refractivity contribution in [2.75, 3.05) is 40.0 Å². The van der Waals surface area contributed by atoms with Crippen LogP contribution >= 0.6 is 0 Å². The first-order valence-corrected chi connectivity index (χ1v) is 6.58. The Morgan fingerprint density at radius 1 is 1.35 bits per heavy atom. The van der Waals surface area contributed by atoms with Crippen LogP contribution in [-0.2, 0) is 14.3 Å². The smallest absolute Gasteiger partial charge is 0.326 e. The molecule has 0 radical (unpaired) electrons. The van der Waals surface area contributed by atoms with Gasteiger partial charge in [0.25, 0.3) is 0 Å². The normalized spacial score (nSPS) is 22.0. The van der Waals surface area contributed by atoms with Crippen molar-refractivity contribution in [2.45, 2.75) is 25.0 Å². The number of aliphatic hydroxyl groups excluding tert-OH is 1. The van der Waals surface area contributed by atoms with Gasteiger partial charge in [0.2, 0.25) is 0 Å². The Labute approximate surface area is 117 Å². The van der Waals surface area contributed by atoms with Gasteiger partial charge in [0.1, 0.15) is 6.04 Å². The van der Waals surface area contributed by atoms with Crippen molar-refractivity contribution >= 4 is 12.0 Å². The number of β-amino-alcohol motifs (C(OH)–C–C–N with tert-alkyl or cyclic N) is 1. The van der Waals surface area contributed by atoms with E-state index < -0.39 is 24.1 Å². The van der Waals surface area contributed by atoms with Gasteiger partial charge < -0.3 is 29.9 Å². The van der Waals surface area contributed by atoms with Crippen LogP contribution in [0.2, 0.25) is 0 Å². The van der Waals surface area contributed by atoms with Crippen molar-refractivity contribution in [1.82, 2.24) is 10.2 Å². The number of methoxy groups -OCH3 is 1. The van der Waals surface area contributed by atoms with Gasteiger partial charge in [0.15, 0.2) is 0 Å². The van der Waals surface area contributed by atoms with Crippen molar-refractivity contribution < 1.29 is 29.3 Å². The predicted octanol–water partition coefficient (Wildman–Crippen LogP) is -0.731. The summed E-state index contributed by atoms with van der Waals surface area (Å²) >= 11 is 0. The van der Waals surface area contributed by atoms with Gasteiger partial charge in [-0.3, -0.25) is 0 Å². The van der Waals surface area contributed by atoms with Crippen LogP contribution in [0.1, 0.15) is 12.8 Å². The lowest BCUT2D eigenvalue weighted by Gasteiger charge is -2.21. The number of carboxylic acid groups (broad SMARTS) is 1. The van der Waals surface area contributed by atoms with Crippen LogP contribution in [0.15, 0.2) is 0 Å². The number of hydrogen-bond acceptors (Lipinski definition) is 5. The van der Waals surface area contributed by atoms with Crippen LogP contribution in [0.25, 0.3) is 0 Å². The number of ether oxygens (including phenoxy) is 2. The fourth-order valence-corrected chi connectivity index (χ4v) is 1.99. The van der Waals surface area contributed by atoms with E-state index in [4.69, 9.17) is 14.6 Å². The topological polar surface area (TPSA) is 108 Å². The molecule has 0 aromatic rings. The number of carboxylic acids is 1. The molecule has 1 saturated heterocycles. The fourth-order valence-electron chi connectivity index (χ4n) is 1.99. The molecule has 0 bridgehead atoms. The maximum atomic E-state index is 11.8. The molecule has 0 aromatic carbocycles. The van der Waals surface area contributed by atoms with E-state index in [1.165, 1.54) is 0 Å². The van der Waals surface area contributed by atoms with Crippen LogP contribution in [0.3, 0.4) is 0 Å². The van der Waals surface area contributed by atoms with E-state index in [0.29, 0.717) is 32.8 Å². The summed E-state index contributed by atoms with van der Waals surface area (Å²) in [6.45, 7) is 1.97. The highest BCUT2D eigenvalue weighted by Crippen LogP contribution is 2.17. The summed E-state index contributed by atoms with van der Waals surface area (Å²) in [5.74, 6) is -1.10. The third kappa shape index (κ3) is 5.32. The van der Waals surface area contributed by atoms with E-state index in [1.54, 1.807) is 7.11 Å². The summed E-state index contributed by atoms with van der Waals surface area (Å²) in [4.78, 5) is 23.9. The van der Waals surface area contributed by atoms with Gasteiger partial charge in [-0.25, -0.2) is 9.59 Å².